The van der Waals surface area contributed by atoms with Crippen LogP contribution in [0.25, 0.3) is 0 Å². The second-order valence-corrected chi connectivity index (χ2v) is 11.3. The number of halogens is 1. The highest BCUT2D eigenvalue weighted by Gasteiger charge is 2.24. The van der Waals surface area contributed by atoms with Crippen molar-refractivity contribution in [2.45, 2.75) is 45.8 Å². The maximum atomic E-state index is 13.9. The molecule has 9 nitrogen and oxygen atoms in total. The maximum absolute atomic E-state index is 13.9. The molecule has 1 aromatic heterocycles. The van der Waals surface area contributed by atoms with Gasteiger partial charge in [0.2, 0.25) is 5.91 Å². The van der Waals surface area contributed by atoms with Crippen LogP contribution in [0.4, 0.5) is 10.1 Å². The van der Waals surface area contributed by atoms with Crippen LogP contribution in [0.5, 0.6) is 0 Å². The minimum Gasteiger partial charge on any atom is -0.478 e. The minimum atomic E-state index is -1.04. The van der Waals surface area contributed by atoms with Crippen LogP contribution in [0.2, 0.25) is 0 Å². The molecule has 1 amide bonds. The van der Waals surface area contributed by atoms with Gasteiger partial charge in [-0.15, -0.1) is 0 Å². The van der Waals surface area contributed by atoms with Crippen molar-refractivity contribution in [3.63, 3.8) is 0 Å². The van der Waals surface area contributed by atoms with Gasteiger partial charge in [-0.1, -0.05) is 50.6 Å². The van der Waals surface area contributed by atoms with Crippen molar-refractivity contribution in [2.75, 3.05) is 11.9 Å². The summed E-state index contributed by atoms with van der Waals surface area (Å²) >= 11 is 5.76. The lowest BCUT2D eigenvalue weighted by atomic mass is 9.98. The van der Waals surface area contributed by atoms with Crippen molar-refractivity contribution in [1.29, 1.82) is 5.26 Å². The van der Waals surface area contributed by atoms with Crippen molar-refractivity contribution >= 4 is 34.9 Å². The SMILES string of the molecule is CC[C@H](C)[C@@H](CN(Cc1cccc(C(=O)O)c1)C(=S)Nc1cccc(F)c1)NC(=O)Cc1cncn1Cc1ccc(C#N)cc1. The largest absolute Gasteiger partial charge is 0.478 e. The van der Waals surface area contributed by atoms with Gasteiger partial charge in [-0.05, 0) is 71.7 Å². The molecular weight excluding hydrogens is 591 g/mol. The molecule has 0 radical (unpaired) electrons. The van der Waals surface area contributed by atoms with Crippen molar-refractivity contribution in [2.24, 2.45) is 5.92 Å². The molecule has 0 bridgehead atoms. The number of anilines is 1. The molecule has 11 heteroatoms. The van der Waals surface area contributed by atoms with E-state index in [1.807, 2.05) is 41.5 Å². The number of carboxylic acids is 1. The number of carbonyl (C=O) groups is 2. The average Bonchev–Trinajstić information content (AvgIpc) is 3.46. The summed E-state index contributed by atoms with van der Waals surface area (Å²) in [7, 11) is 0. The first-order valence-corrected chi connectivity index (χ1v) is 15.0. The van der Waals surface area contributed by atoms with E-state index < -0.39 is 11.8 Å². The monoisotopic (exact) mass is 626 g/mol. The molecule has 0 unspecified atom stereocenters. The summed E-state index contributed by atoms with van der Waals surface area (Å²) < 4.78 is 15.8. The molecule has 0 aliphatic rings. The highest BCUT2D eigenvalue weighted by molar-refractivity contribution is 7.80. The van der Waals surface area contributed by atoms with Crippen LogP contribution in [0.15, 0.2) is 85.3 Å². The van der Waals surface area contributed by atoms with Crippen LogP contribution in [0.1, 0.15) is 53.0 Å². The summed E-state index contributed by atoms with van der Waals surface area (Å²) in [6.07, 6.45) is 4.24. The van der Waals surface area contributed by atoms with Crippen LogP contribution < -0.4 is 10.6 Å². The molecule has 3 aromatic carbocycles. The Kier molecular flexibility index (Phi) is 11.4. The first-order chi connectivity index (χ1) is 21.6. The van der Waals surface area contributed by atoms with E-state index in [2.05, 4.69) is 21.7 Å². The third-order valence-corrected chi connectivity index (χ3v) is 7.94. The standard InChI is InChI=1S/C34H35FN6O3S/c1-3-23(2)31(39-32(42)16-30-18-37-22-41(30)19-25-12-10-24(17-36)11-13-25)21-40(20-26-6-4-7-27(14-26)33(43)44)34(45)38-29-9-5-8-28(35)15-29/h4-15,18,22-23,31H,3,16,19-21H2,1-2H3,(H,38,45)(H,39,42)(H,43,44)/t23-,31+/m0/s1. The number of hydrogen-bond acceptors (Lipinski definition) is 5. The van der Waals surface area contributed by atoms with Crippen LogP contribution in [0, 0.1) is 23.1 Å². The number of aromatic carboxylic acids is 1. The molecule has 4 rings (SSSR count). The van der Waals surface area contributed by atoms with E-state index in [4.69, 9.17) is 17.5 Å². The topological polar surface area (TPSA) is 123 Å². The zero-order valence-corrected chi connectivity index (χ0v) is 25.9. The van der Waals surface area contributed by atoms with Gasteiger partial charge in [0.05, 0.1) is 29.9 Å². The number of thiocarbonyl (C=S) groups is 1. The van der Waals surface area contributed by atoms with Crippen molar-refractivity contribution < 1.29 is 19.1 Å². The minimum absolute atomic E-state index is 0.0716. The maximum Gasteiger partial charge on any atom is 0.335 e. The van der Waals surface area contributed by atoms with Gasteiger partial charge in [0.1, 0.15) is 5.82 Å². The lowest BCUT2D eigenvalue weighted by molar-refractivity contribution is -0.121. The van der Waals surface area contributed by atoms with Crippen molar-refractivity contribution in [3.05, 3.63) is 119 Å². The highest BCUT2D eigenvalue weighted by Crippen LogP contribution is 2.17. The van der Waals surface area contributed by atoms with E-state index in [0.29, 0.717) is 29.5 Å². The van der Waals surface area contributed by atoms with Gasteiger partial charge in [-0.25, -0.2) is 14.2 Å². The first kappa shape index (κ1) is 32.8. The third-order valence-electron chi connectivity index (χ3n) is 7.58. The van der Waals surface area contributed by atoms with Gasteiger partial charge >= 0.3 is 5.97 Å². The Balaban J connectivity index is 1.51. The molecule has 232 valence electrons. The smallest absolute Gasteiger partial charge is 0.335 e. The lowest BCUT2D eigenvalue weighted by Gasteiger charge is -2.33. The Hall–Kier alpha value is -5.08. The molecule has 0 aliphatic carbocycles. The Morgan fingerprint density at radius 1 is 1.11 bits per heavy atom. The number of hydrogen-bond donors (Lipinski definition) is 3. The first-order valence-electron chi connectivity index (χ1n) is 14.6. The number of rotatable bonds is 13. The highest BCUT2D eigenvalue weighted by atomic mass is 32.1. The Bertz CT molecular complexity index is 1680. The molecule has 0 saturated carbocycles. The van der Waals surface area contributed by atoms with Crippen LogP contribution in [0.3, 0.4) is 0 Å². The number of aromatic nitrogens is 2. The molecule has 0 aliphatic heterocycles. The van der Waals surface area contributed by atoms with Crippen LogP contribution in [-0.4, -0.2) is 49.1 Å². The van der Waals surface area contributed by atoms with Gasteiger partial charge in [-0.2, -0.15) is 5.26 Å². The number of nitrogens with one attached hydrogen (secondary N) is 2. The number of nitrogens with zero attached hydrogens (tertiary/aromatic N) is 4. The zero-order valence-electron chi connectivity index (χ0n) is 25.1. The fourth-order valence-electron chi connectivity index (χ4n) is 4.84. The van der Waals surface area contributed by atoms with Gasteiger partial charge in [-0.3, -0.25) is 4.79 Å². The van der Waals surface area contributed by atoms with E-state index in [0.717, 1.165) is 23.2 Å². The quantitative estimate of drug-likeness (QED) is 0.164. The second-order valence-electron chi connectivity index (χ2n) is 10.9. The molecule has 0 spiro atoms. The van der Waals surface area contributed by atoms with E-state index in [1.54, 1.807) is 48.9 Å². The van der Waals surface area contributed by atoms with Gasteiger partial charge in [0.25, 0.3) is 0 Å². The number of nitriles is 1. The summed E-state index contributed by atoms with van der Waals surface area (Å²) in [5.74, 6) is -1.56. The summed E-state index contributed by atoms with van der Waals surface area (Å²) in [6, 6.07) is 21.6. The Morgan fingerprint density at radius 2 is 1.87 bits per heavy atom. The average molecular weight is 627 g/mol. The molecule has 3 N–H and O–H groups in total. The second kappa shape index (κ2) is 15.6. The fraction of sp³-hybridized carbons (Fsp3) is 0.265. The molecule has 1 heterocycles. The number of benzene rings is 3. The van der Waals surface area contributed by atoms with E-state index in [1.165, 1.54) is 18.2 Å². The zero-order chi connectivity index (χ0) is 32.3. The summed E-state index contributed by atoms with van der Waals surface area (Å²) in [4.78, 5) is 31.1. The number of imidazole rings is 1. The Morgan fingerprint density at radius 3 is 2.56 bits per heavy atom. The fourth-order valence-corrected chi connectivity index (χ4v) is 5.10. The van der Waals surface area contributed by atoms with Crippen LogP contribution in [-0.2, 0) is 24.3 Å². The molecule has 2 atom stereocenters. The lowest BCUT2D eigenvalue weighted by Crippen LogP contribution is -2.50. The number of carbonyl (C=O) groups excluding carboxylic acids is 1. The van der Waals surface area contributed by atoms with Gasteiger partial charge in [0.15, 0.2) is 5.11 Å². The van der Waals surface area contributed by atoms with E-state index >= 15 is 0 Å². The molecule has 45 heavy (non-hydrogen) atoms. The molecule has 0 fully saturated rings. The van der Waals surface area contributed by atoms with Crippen molar-refractivity contribution in [1.82, 2.24) is 19.8 Å². The van der Waals surface area contributed by atoms with Crippen LogP contribution >= 0.6 is 12.2 Å². The normalized spacial score (nSPS) is 12.0. The molecular formula is C34H35FN6O3S. The predicted octanol–water partition coefficient (Wildman–Crippen LogP) is 5.61. The Labute approximate surface area is 267 Å². The summed E-state index contributed by atoms with van der Waals surface area (Å²) in [6.45, 7) is 5.19. The number of amides is 1. The van der Waals surface area contributed by atoms with Gasteiger partial charge in [0, 0.05) is 43.3 Å². The number of carboxylic acid groups (broad SMARTS) is 1. The third kappa shape index (κ3) is 9.45. The molecule has 4 aromatic rings. The van der Waals surface area contributed by atoms with E-state index in [9.17, 15) is 19.1 Å². The molecule has 0 saturated heterocycles. The predicted molar refractivity (Wildman–Crippen MR) is 174 cm³/mol. The van der Waals surface area contributed by atoms with Crippen molar-refractivity contribution in [3.8, 4) is 6.07 Å². The summed E-state index contributed by atoms with van der Waals surface area (Å²) in [5.41, 5.74) is 3.65. The van der Waals surface area contributed by atoms with E-state index in [-0.39, 0.29) is 36.4 Å². The van der Waals surface area contributed by atoms with Gasteiger partial charge < -0.3 is 25.2 Å². The summed E-state index contributed by atoms with van der Waals surface area (Å²) in [5, 5.41) is 25.1.